The lowest BCUT2D eigenvalue weighted by atomic mass is 10.0. The fraction of sp³-hybridized carbons (Fsp3) is 0.800. The van der Waals surface area contributed by atoms with Crippen LogP contribution in [0.4, 0.5) is 0 Å². The third-order valence-corrected chi connectivity index (χ3v) is 15.0. The number of unbranched alkanes of at least 4 members (excludes halogenated alkanes) is 32. The number of likely N-dealkylation sites (N-methyl/N-ethyl adjacent to an activating group) is 1. The molecule has 0 rings (SSSR count). The second-order valence-electron chi connectivity index (χ2n) is 22.4. The molecule has 0 aromatic carbocycles. The average Bonchev–Trinajstić information content (AvgIpc) is 3.36. The molecular weight excluding hydrogens is 936 g/mol. The van der Waals surface area contributed by atoms with E-state index in [4.69, 9.17) is 9.05 Å². The number of carbonyl (C=O) groups is 1. The molecule has 0 aromatic rings. The summed E-state index contributed by atoms with van der Waals surface area (Å²) in [6.45, 7) is 4.79. The maximum absolute atomic E-state index is 13.0. The summed E-state index contributed by atoms with van der Waals surface area (Å²) in [5.74, 6) is -0.152. The number of aliphatic hydroxyl groups is 1. The largest absolute Gasteiger partial charge is 0.472 e. The van der Waals surface area contributed by atoms with Gasteiger partial charge in [-0.3, -0.25) is 13.8 Å². The Morgan fingerprint density at radius 3 is 1.19 bits per heavy atom. The van der Waals surface area contributed by atoms with Gasteiger partial charge in [-0.1, -0.05) is 286 Å². The highest BCUT2D eigenvalue weighted by molar-refractivity contribution is 7.47. The average molecular weight is 1060 g/mol. The maximum atomic E-state index is 13.0. The van der Waals surface area contributed by atoms with E-state index in [0.29, 0.717) is 23.9 Å². The van der Waals surface area contributed by atoms with E-state index in [-0.39, 0.29) is 19.1 Å². The lowest BCUT2D eigenvalue weighted by molar-refractivity contribution is -0.870. The van der Waals surface area contributed by atoms with E-state index in [1.807, 2.05) is 21.1 Å². The number of quaternary nitrogens is 1. The van der Waals surface area contributed by atoms with Crippen molar-refractivity contribution >= 4 is 13.7 Å². The summed E-state index contributed by atoms with van der Waals surface area (Å²) in [4.78, 5) is 23.4. The molecule has 0 radical (unpaired) electrons. The molecule has 0 aliphatic rings. The van der Waals surface area contributed by atoms with Gasteiger partial charge >= 0.3 is 7.82 Å². The first kappa shape index (κ1) is 71.9. The summed E-state index contributed by atoms with van der Waals surface area (Å²) in [5, 5.41) is 14.1. The number of phosphoric acid groups is 1. The Hall–Kier alpha value is -2.06. The molecule has 3 atom stereocenters. The molecule has 0 aliphatic heterocycles. The van der Waals surface area contributed by atoms with E-state index in [0.717, 1.165) is 83.5 Å². The quantitative estimate of drug-likeness (QED) is 0.0243. The summed E-state index contributed by atoms with van der Waals surface area (Å²) in [6, 6.07) is -0.771. The Balaban J connectivity index is 4.16. The predicted octanol–water partition coefficient (Wildman–Crippen LogP) is 19.4. The van der Waals surface area contributed by atoms with Gasteiger partial charge in [0, 0.05) is 6.42 Å². The smallest absolute Gasteiger partial charge is 0.391 e. The van der Waals surface area contributed by atoms with Gasteiger partial charge in [-0.2, -0.15) is 0 Å². The van der Waals surface area contributed by atoms with Gasteiger partial charge in [0.15, 0.2) is 0 Å². The van der Waals surface area contributed by atoms with Crippen molar-refractivity contribution in [1.82, 2.24) is 5.32 Å². The number of carbonyl (C=O) groups excluding carboxylic acids is 1. The third kappa shape index (κ3) is 57.6. The van der Waals surface area contributed by atoms with E-state index < -0.39 is 20.0 Å². The highest BCUT2D eigenvalue weighted by Crippen LogP contribution is 2.43. The van der Waals surface area contributed by atoms with Gasteiger partial charge < -0.3 is 19.8 Å². The Morgan fingerprint density at radius 2 is 0.811 bits per heavy atom. The predicted molar refractivity (Wildman–Crippen MR) is 323 cm³/mol. The molecule has 0 aliphatic carbocycles. The second-order valence-corrected chi connectivity index (χ2v) is 23.9. The molecule has 0 heterocycles. The van der Waals surface area contributed by atoms with Crippen LogP contribution in [0.3, 0.4) is 0 Å². The number of hydrogen-bond acceptors (Lipinski definition) is 5. The summed E-state index contributed by atoms with van der Waals surface area (Å²) < 4.78 is 23.8. The van der Waals surface area contributed by atoms with Crippen molar-refractivity contribution in [3.05, 3.63) is 72.9 Å². The number of aliphatic hydroxyl groups excluding tert-OH is 1. The molecule has 3 N–H and O–H groups in total. The van der Waals surface area contributed by atoms with E-state index in [2.05, 4.69) is 92.1 Å². The van der Waals surface area contributed by atoms with Gasteiger partial charge in [0.1, 0.15) is 13.2 Å². The first-order chi connectivity index (χ1) is 36.0. The van der Waals surface area contributed by atoms with Crippen LogP contribution in [0.15, 0.2) is 72.9 Å². The minimum absolute atomic E-state index is 0.0702. The normalized spacial score (nSPS) is 14.3. The number of phosphoric ester groups is 1. The van der Waals surface area contributed by atoms with Gasteiger partial charge in [-0.15, -0.1) is 0 Å². The molecule has 0 saturated carbocycles. The fourth-order valence-corrected chi connectivity index (χ4v) is 9.85. The van der Waals surface area contributed by atoms with E-state index >= 15 is 0 Å². The summed E-state index contributed by atoms with van der Waals surface area (Å²) in [7, 11) is 1.61. The fourth-order valence-electron chi connectivity index (χ4n) is 9.11. The van der Waals surface area contributed by atoms with Crippen molar-refractivity contribution in [3.8, 4) is 0 Å². The standard InChI is InChI=1S/C65H121N2O6P/c1-6-8-10-12-14-16-18-20-22-24-26-28-30-32-33-35-37-39-41-43-45-47-49-51-53-55-57-59-65(69)66-63(62-73-74(70,71)72-61-60-67(3,4)5)64(68)58-56-54-52-50-48-46-44-42-40-38-36-34-31-29-27-25-23-21-19-17-15-13-11-9-7-2/h8,10,14,16,20,22,26,28,32-33,37,39,63-64,68H,6-7,9,11-13,15,17-19,21,23-25,27,29-31,34-36,38,40-62H2,1-5H3,(H-,66,69,70,71)/p+1/b10-8-,16-14-,22-20-,28-26-,33-32-,39-37-. The Bertz CT molecular complexity index is 1430. The Kier molecular flexibility index (Phi) is 54.1. The molecule has 3 unspecified atom stereocenters. The Morgan fingerprint density at radius 1 is 0.473 bits per heavy atom. The molecular formula is C65H122N2O6P+. The van der Waals surface area contributed by atoms with Crippen LogP contribution in [0, 0.1) is 0 Å². The zero-order chi connectivity index (χ0) is 54.2. The van der Waals surface area contributed by atoms with Gasteiger partial charge in [-0.05, 0) is 64.2 Å². The highest BCUT2D eigenvalue weighted by Gasteiger charge is 2.28. The summed E-state index contributed by atoms with van der Waals surface area (Å²) in [5.41, 5.74) is 0. The molecule has 432 valence electrons. The molecule has 0 bridgehead atoms. The first-order valence-electron chi connectivity index (χ1n) is 31.3. The van der Waals surface area contributed by atoms with Crippen LogP contribution >= 0.6 is 7.82 Å². The van der Waals surface area contributed by atoms with Crippen molar-refractivity contribution in [2.75, 3.05) is 40.9 Å². The van der Waals surface area contributed by atoms with Gasteiger partial charge in [0.05, 0.1) is 39.9 Å². The van der Waals surface area contributed by atoms with Crippen LogP contribution in [-0.2, 0) is 18.4 Å². The number of allylic oxidation sites excluding steroid dienone is 12. The number of nitrogens with zero attached hydrogens (tertiary/aromatic N) is 1. The van der Waals surface area contributed by atoms with Crippen molar-refractivity contribution in [1.29, 1.82) is 0 Å². The van der Waals surface area contributed by atoms with E-state index in [9.17, 15) is 19.4 Å². The lowest BCUT2D eigenvalue weighted by Crippen LogP contribution is -2.46. The third-order valence-electron chi connectivity index (χ3n) is 14.0. The minimum Gasteiger partial charge on any atom is -0.391 e. The first-order valence-corrected chi connectivity index (χ1v) is 32.8. The number of nitrogens with one attached hydrogen (secondary N) is 1. The molecule has 1 amide bonds. The maximum Gasteiger partial charge on any atom is 0.472 e. The molecule has 0 fully saturated rings. The van der Waals surface area contributed by atoms with Crippen molar-refractivity contribution in [3.63, 3.8) is 0 Å². The molecule has 0 spiro atoms. The molecule has 9 heteroatoms. The minimum atomic E-state index is -4.33. The van der Waals surface area contributed by atoms with E-state index in [1.165, 1.54) is 173 Å². The van der Waals surface area contributed by atoms with Crippen molar-refractivity contribution < 1.29 is 32.9 Å². The van der Waals surface area contributed by atoms with E-state index in [1.54, 1.807) is 0 Å². The molecule has 0 saturated heterocycles. The van der Waals surface area contributed by atoms with Crippen LogP contribution in [0.25, 0.3) is 0 Å². The van der Waals surface area contributed by atoms with Crippen molar-refractivity contribution in [2.24, 2.45) is 0 Å². The Labute approximate surface area is 459 Å². The number of rotatable bonds is 57. The zero-order valence-electron chi connectivity index (χ0n) is 49.3. The lowest BCUT2D eigenvalue weighted by Gasteiger charge is -2.26. The topological polar surface area (TPSA) is 105 Å². The monoisotopic (exact) mass is 1060 g/mol. The van der Waals surface area contributed by atoms with Gasteiger partial charge in [0.25, 0.3) is 0 Å². The SMILES string of the molecule is CC/C=C\C/C=C\C/C=C\C/C=C\C/C=C\C/C=C\CCCCCCCCCCC(=O)NC(COP(=O)(O)OCC[N+](C)(C)C)C(O)CCCCCCCCCCCCCCCCCCCCCCCCCCC. The summed E-state index contributed by atoms with van der Waals surface area (Å²) >= 11 is 0. The van der Waals surface area contributed by atoms with Crippen LogP contribution in [0.5, 0.6) is 0 Å². The van der Waals surface area contributed by atoms with Crippen molar-refractivity contribution in [2.45, 2.75) is 296 Å². The summed E-state index contributed by atoms with van der Waals surface area (Å²) in [6.07, 6.45) is 76.8. The highest BCUT2D eigenvalue weighted by atomic mass is 31.2. The number of amides is 1. The van der Waals surface area contributed by atoms with Gasteiger partial charge in [0.2, 0.25) is 5.91 Å². The van der Waals surface area contributed by atoms with Crippen LogP contribution in [0.1, 0.15) is 284 Å². The second kappa shape index (κ2) is 55.7. The van der Waals surface area contributed by atoms with Gasteiger partial charge in [-0.25, -0.2) is 4.57 Å². The zero-order valence-corrected chi connectivity index (χ0v) is 50.2. The number of hydrogen-bond donors (Lipinski definition) is 3. The molecule has 74 heavy (non-hydrogen) atoms. The molecule has 0 aromatic heterocycles. The van der Waals surface area contributed by atoms with Crippen LogP contribution in [0.2, 0.25) is 0 Å². The molecule has 8 nitrogen and oxygen atoms in total. The van der Waals surface area contributed by atoms with Crippen LogP contribution < -0.4 is 5.32 Å². The van der Waals surface area contributed by atoms with Crippen LogP contribution in [-0.4, -0.2) is 73.4 Å².